The number of rotatable bonds is 8. The van der Waals surface area contributed by atoms with E-state index in [1.54, 1.807) is 11.3 Å². The minimum atomic E-state index is -0.537. The van der Waals surface area contributed by atoms with Crippen molar-refractivity contribution in [1.82, 2.24) is 9.88 Å². The van der Waals surface area contributed by atoms with Crippen LogP contribution >= 0.6 is 11.3 Å². The predicted octanol–water partition coefficient (Wildman–Crippen LogP) is 3.73. The Kier molecular flexibility index (Phi) is 6.02. The summed E-state index contributed by atoms with van der Waals surface area (Å²) in [5.74, 6) is 0.812. The summed E-state index contributed by atoms with van der Waals surface area (Å²) in [6.07, 6.45) is 0.439. The number of aliphatic hydroxyl groups excluding tert-OH is 1. The van der Waals surface area contributed by atoms with Crippen molar-refractivity contribution in [2.45, 2.75) is 26.0 Å². The first-order chi connectivity index (χ1) is 12.1. The van der Waals surface area contributed by atoms with Crippen molar-refractivity contribution >= 4 is 21.6 Å². The highest BCUT2D eigenvalue weighted by Crippen LogP contribution is 2.22. The van der Waals surface area contributed by atoms with Gasteiger partial charge >= 0.3 is 0 Å². The smallest absolute Gasteiger partial charge is 0.119 e. The molecule has 0 saturated heterocycles. The number of aryl methyl sites for hydroxylation is 1. The summed E-state index contributed by atoms with van der Waals surface area (Å²) in [5.41, 5.74) is 2.27. The van der Waals surface area contributed by atoms with E-state index >= 15 is 0 Å². The van der Waals surface area contributed by atoms with Crippen LogP contribution in [0, 0.1) is 0 Å². The predicted molar refractivity (Wildman–Crippen MR) is 103 cm³/mol. The van der Waals surface area contributed by atoms with E-state index in [4.69, 9.17) is 4.74 Å². The fourth-order valence-electron chi connectivity index (χ4n) is 2.74. The molecule has 0 aliphatic rings. The summed E-state index contributed by atoms with van der Waals surface area (Å²) in [7, 11) is 1.99. The average molecular weight is 356 g/mol. The third-order valence-corrected chi connectivity index (χ3v) is 5.04. The van der Waals surface area contributed by atoms with Crippen molar-refractivity contribution < 1.29 is 9.84 Å². The fraction of sp³-hybridized carbons (Fsp3) is 0.350. The molecule has 0 aliphatic heterocycles. The minimum Gasteiger partial charge on any atom is -0.491 e. The zero-order valence-corrected chi connectivity index (χ0v) is 15.5. The summed E-state index contributed by atoms with van der Waals surface area (Å²) in [6.45, 7) is 3.67. The molecule has 0 bridgehead atoms. The van der Waals surface area contributed by atoms with Crippen LogP contribution in [0.15, 0.2) is 48.5 Å². The molecule has 0 radical (unpaired) electrons. The lowest BCUT2D eigenvalue weighted by atomic mass is 10.2. The maximum absolute atomic E-state index is 10.2. The van der Waals surface area contributed by atoms with Crippen molar-refractivity contribution in [3.63, 3.8) is 0 Å². The Morgan fingerprint density at radius 2 is 2.04 bits per heavy atom. The highest BCUT2D eigenvalue weighted by molar-refractivity contribution is 7.18. The molecule has 3 rings (SSSR count). The maximum Gasteiger partial charge on any atom is 0.119 e. The van der Waals surface area contributed by atoms with Gasteiger partial charge in [0.05, 0.1) is 16.8 Å². The van der Waals surface area contributed by atoms with Crippen molar-refractivity contribution in [3.05, 3.63) is 59.1 Å². The standard InChI is InChI=1S/C20H24N2O2S/c1-3-15-7-6-8-17(11-15)24-14-16(23)12-22(2)13-20-21-18-9-4-5-10-19(18)25-20/h4-11,16,23H,3,12-14H2,1-2H3. The number of thiazole rings is 1. The minimum absolute atomic E-state index is 0.289. The first-order valence-corrected chi connectivity index (χ1v) is 9.38. The third kappa shape index (κ3) is 5.01. The second kappa shape index (κ2) is 8.43. The van der Waals surface area contributed by atoms with Crippen LogP contribution in [0.5, 0.6) is 5.75 Å². The second-order valence-corrected chi connectivity index (χ2v) is 7.35. The SMILES string of the molecule is CCc1cccc(OCC(O)CN(C)Cc2nc3ccccc3s2)c1. The van der Waals surface area contributed by atoms with E-state index < -0.39 is 6.10 Å². The molecule has 0 aliphatic carbocycles. The lowest BCUT2D eigenvalue weighted by Crippen LogP contribution is -2.32. The number of ether oxygens (including phenoxy) is 1. The Morgan fingerprint density at radius 1 is 1.20 bits per heavy atom. The largest absolute Gasteiger partial charge is 0.491 e. The topological polar surface area (TPSA) is 45.6 Å². The van der Waals surface area contributed by atoms with Gasteiger partial charge in [0.25, 0.3) is 0 Å². The molecule has 0 spiro atoms. The molecule has 3 aromatic rings. The van der Waals surface area contributed by atoms with E-state index in [2.05, 4.69) is 28.9 Å². The van der Waals surface area contributed by atoms with E-state index in [9.17, 15) is 5.11 Å². The molecule has 2 aromatic carbocycles. The Morgan fingerprint density at radius 3 is 2.84 bits per heavy atom. The Labute approximate surface area is 152 Å². The van der Waals surface area contributed by atoms with E-state index in [-0.39, 0.29) is 6.61 Å². The van der Waals surface area contributed by atoms with Gasteiger partial charge in [-0.05, 0) is 43.3 Å². The van der Waals surface area contributed by atoms with E-state index in [0.29, 0.717) is 6.54 Å². The second-order valence-electron chi connectivity index (χ2n) is 6.24. The summed E-state index contributed by atoms with van der Waals surface area (Å²) >= 11 is 1.70. The first-order valence-electron chi connectivity index (χ1n) is 8.57. The first kappa shape index (κ1) is 17.9. The third-order valence-electron chi connectivity index (χ3n) is 4.01. The molecule has 0 saturated carbocycles. The van der Waals surface area contributed by atoms with Gasteiger partial charge in [-0.2, -0.15) is 0 Å². The van der Waals surface area contributed by atoms with Crippen LogP contribution in [-0.2, 0) is 13.0 Å². The van der Waals surface area contributed by atoms with E-state index in [1.165, 1.54) is 10.3 Å². The molecule has 1 N–H and O–H groups in total. The number of hydrogen-bond donors (Lipinski definition) is 1. The molecule has 4 nitrogen and oxygen atoms in total. The van der Waals surface area contributed by atoms with Gasteiger partial charge in [-0.3, -0.25) is 4.90 Å². The number of para-hydroxylation sites is 1. The molecule has 25 heavy (non-hydrogen) atoms. The van der Waals surface area contributed by atoms with Gasteiger partial charge in [-0.1, -0.05) is 31.2 Å². The van der Waals surface area contributed by atoms with Crippen molar-refractivity contribution in [2.75, 3.05) is 20.2 Å². The number of aromatic nitrogens is 1. The number of benzene rings is 2. The molecule has 1 atom stereocenters. The van der Waals surface area contributed by atoms with Gasteiger partial charge in [-0.25, -0.2) is 4.98 Å². The maximum atomic E-state index is 10.2. The lowest BCUT2D eigenvalue weighted by molar-refractivity contribution is 0.0743. The van der Waals surface area contributed by atoms with Gasteiger partial charge in [0.1, 0.15) is 23.5 Å². The quantitative estimate of drug-likeness (QED) is 0.668. The zero-order valence-electron chi connectivity index (χ0n) is 14.7. The number of nitrogens with zero attached hydrogens (tertiary/aromatic N) is 2. The number of hydrogen-bond acceptors (Lipinski definition) is 5. The number of aliphatic hydroxyl groups is 1. The Hall–Kier alpha value is -1.95. The van der Waals surface area contributed by atoms with E-state index in [0.717, 1.165) is 29.2 Å². The van der Waals surface area contributed by atoms with Crippen LogP contribution in [0.1, 0.15) is 17.5 Å². The molecule has 5 heteroatoms. The highest BCUT2D eigenvalue weighted by Gasteiger charge is 2.12. The van der Waals surface area contributed by atoms with Gasteiger partial charge in [0.2, 0.25) is 0 Å². The van der Waals surface area contributed by atoms with Gasteiger partial charge in [0.15, 0.2) is 0 Å². The molecular weight excluding hydrogens is 332 g/mol. The Bertz CT molecular complexity index is 785. The molecule has 1 aromatic heterocycles. The van der Waals surface area contributed by atoms with Crippen molar-refractivity contribution in [1.29, 1.82) is 0 Å². The number of likely N-dealkylation sites (N-methyl/N-ethyl adjacent to an activating group) is 1. The molecule has 0 amide bonds. The lowest BCUT2D eigenvalue weighted by Gasteiger charge is -2.20. The van der Waals surface area contributed by atoms with Crippen molar-refractivity contribution in [2.24, 2.45) is 0 Å². The number of fused-ring (bicyclic) bond motifs is 1. The Balaban J connectivity index is 1.49. The van der Waals surface area contributed by atoms with Crippen LogP contribution in [0.2, 0.25) is 0 Å². The average Bonchev–Trinajstić information content (AvgIpc) is 3.02. The van der Waals surface area contributed by atoms with Crippen molar-refractivity contribution in [3.8, 4) is 5.75 Å². The zero-order chi connectivity index (χ0) is 17.6. The van der Waals surface area contributed by atoms with Gasteiger partial charge in [-0.15, -0.1) is 11.3 Å². The van der Waals surface area contributed by atoms with Gasteiger partial charge < -0.3 is 9.84 Å². The van der Waals surface area contributed by atoms with Crippen LogP contribution in [0.3, 0.4) is 0 Å². The summed E-state index contributed by atoms with van der Waals surface area (Å²) in [4.78, 5) is 6.71. The summed E-state index contributed by atoms with van der Waals surface area (Å²) in [6, 6.07) is 16.2. The molecule has 1 heterocycles. The van der Waals surface area contributed by atoms with Crippen LogP contribution in [-0.4, -0.2) is 41.3 Å². The monoisotopic (exact) mass is 356 g/mol. The van der Waals surface area contributed by atoms with Crippen LogP contribution in [0.4, 0.5) is 0 Å². The van der Waals surface area contributed by atoms with E-state index in [1.807, 2.05) is 43.4 Å². The summed E-state index contributed by atoms with van der Waals surface area (Å²) < 4.78 is 6.92. The van der Waals surface area contributed by atoms with Crippen LogP contribution < -0.4 is 4.74 Å². The highest BCUT2D eigenvalue weighted by atomic mass is 32.1. The molecular formula is C20H24N2O2S. The fourth-order valence-corrected chi connectivity index (χ4v) is 3.79. The van der Waals surface area contributed by atoms with Gasteiger partial charge in [0, 0.05) is 6.54 Å². The molecule has 132 valence electrons. The molecule has 0 fully saturated rings. The summed E-state index contributed by atoms with van der Waals surface area (Å²) in [5, 5.41) is 11.3. The normalized spacial score (nSPS) is 12.6. The molecule has 1 unspecified atom stereocenters. The van der Waals surface area contributed by atoms with Crippen LogP contribution in [0.25, 0.3) is 10.2 Å².